The molecular formula is C8H14IN3. The summed E-state index contributed by atoms with van der Waals surface area (Å²) >= 11 is 2.27. The second-order valence-electron chi connectivity index (χ2n) is 2.67. The van der Waals surface area contributed by atoms with Gasteiger partial charge < -0.3 is 5.32 Å². The Bertz CT molecular complexity index is 222. The molecule has 1 aromatic rings. The predicted octanol–water partition coefficient (Wildman–Crippen LogP) is 1.49. The van der Waals surface area contributed by atoms with Crippen LogP contribution in [0.2, 0.25) is 0 Å². The topological polar surface area (TPSA) is 29.9 Å². The smallest absolute Gasteiger partial charge is 0.0623 e. The van der Waals surface area contributed by atoms with E-state index < -0.39 is 0 Å². The summed E-state index contributed by atoms with van der Waals surface area (Å²) in [4.78, 5) is 0. The van der Waals surface area contributed by atoms with Crippen molar-refractivity contribution in [2.45, 2.75) is 19.9 Å². The van der Waals surface area contributed by atoms with Crippen molar-refractivity contribution >= 4 is 22.6 Å². The third-order valence-corrected chi connectivity index (χ3v) is 2.10. The van der Waals surface area contributed by atoms with Gasteiger partial charge in [0.25, 0.3) is 0 Å². The molecule has 0 spiro atoms. The van der Waals surface area contributed by atoms with Crippen molar-refractivity contribution in [1.29, 1.82) is 0 Å². The summed E-state index contributed by atoms with van der Waals surface area (Å²) in [5, 5.41) is 7.51. The lowest BCUT2D eigenvalue weighted by Crippen LogP contribution is -2.20. The summed E-state index contributed by atoms with van der Waals surface area (Å²) in [7, 11) is 0. The van der Waals surface area contributed by atoms with Gasteiger partial charge >= 0.3 is 0 Å². The largest absolute Gasteiger partial charge is 0.315 e. The second kappa shape index (κ2) is 5.53. The van der Waals surface area contributed by atoms with Gasteiger partial charge in [-0.25, -0.2) is 0 Å². The van der Waals surface area contributed by atoms with Crippen molar-refractivity contribution in [3.63, 3.8) is 0 Å². The van der Waals surface area contributed by atoms with Crippen LogP contribution in [-0.4, -0.2) is 22.9 Å². The maximum absolute atomic E-state index is 4.18. The molecule has 1 N–H and O–H groups in total. The monoisotopic (exact) mass is 279 g/mol. The molecule has 0 amide bonds. The van der Waals surface area contributed by atoms with E-state index in [2.05, 4.69) is 39.9 Å². The second-order valence-corrected chi connectivity index (χ2v) is 3.92. The maximum Gasteiger partial charge on any atom is 0.0623 e. The van der Waals surface area contributed by atoms with E-state index in [1.165, 1.54) is 9.99 Å². The highest BCUT2D eigenvalue weighted by atomic mass is 127. The molecule has 0 atom stereocenters. The molecule has 4 heteroatoms. The number of rotatable bonds is 5. The van der Waals surface area contributed by atoms with E-state index in [4.69, 9.17) is 0 Å². The first-order chi connectivity index (χ1) is 5.83. The maximum atomic E-state index is 4.18. The minimum Gasteiger partial charge on any atom is -0.315 e. The van der Waals surface area contributed by atoms with Crippen molar-refractivity contribution in [2.24, 2.45) is 0 Å². The van der Waals surface area contributed by atoms with Crippen LogP contribution in [0.5, 0.6) is 0 Å². The minimum atomic E-state index is 0.961. The molecule has 3 nitrogen and oxygen atoms in total. The van der Waals surface area contributed by atoms with Gasteiger partial charge in [0.1, 0.15) is 0 Å². The van der Waals surface area contributed by atoms with Crippen molar-refractivity contribution < 1.29 is 0 Å². The molecule has 0 aliphatic heterocycles. The highest BCUT2D eigenvalue weighted by molar-refractivity contribution is 14.1. The Morgan fingerprint density at radius 1 is 1.58 bits per heavy atom. The van der Waals surface area contributed by atoms with Gasteiger partial charge in [-0.2, -0.15) is 5.10 Å². The molecule has 0 saturated heterocycles. The van der Waals surface area contributed by atoms with Crippen molar-refractivity contribution in [3.05, 3.63) is 16.0 Å². The summed E-state index contributed by atoms with van der Waals surface area (Å²) in [5.41, 5.74) is 0. The number of nitrogens with one attached hydrogen (secondary N) is 1. The standard InChI is InChI=1S/C8H14IN3/c1-2-3-10-4-5-12-7-8(9)6-11-12/h6-7,10H,2-5H2,1H3. The molecule has 0 unspecified atom stereocenters. The Morgan fingerprint density at radius 2 is 2.42 bits per heavy atom. The first-order valence-electron chi connectivity index (χ1n) is 4.21. The highest BCUT2D eigenvalue weighted by Crippen LogP contribution is 2.00. The normalized spacial score (nSPS) is 10.5. The van der Waals surface area contributed by atoms with Crippen molar-refractivity contribution in [2.75, 3.05) is 13.1 Å². The molecule has 0 bridgehead atoms. The van der Waals surface area contributed by atoms with Gasteiger partial charge in [-0.15, -0.1) is 0 Å². The highest BCUT2D eigenvalue weighted by Gasteiger charge is 1.93. The van der Waals surface area contributed by atoms with Crippen LogP contribution < -0.4 is 5.32 Å². The fourth-order valence-electron chi connectivity index (χ4n) is 0.956. The third kappa shape index (κ3) is 3.53. The summed E-state index contributed by atoms with van der Waals surface area (Å²) in [6, 6.07) is 0. The number of nitrogens with zero attached hydrogens (tertiary/aromatic N) is 2. The van der Waals surface area contributed by atoms with E-state index in [0.29, 0.717) is 0 Å². The Hall–Kier alpha value is -0.100. The molecule has 1 heterocycles. The van der Waals surface area contributed by atoms with Gasteiger partial charge in [-0.05, 0) is 35.6 Å². The number of hydrogen-bond acceptors (Lipinski definition) is 2. The van der Waals surface area contributed by atoms with Crippen LogP contribution in [0.1, 0.15) is 13.3 Å². The molecule has 12 heavy (non-hydrogen) atoms. The SMILES string of the molecule is CCCNCCn1cc(I)cn1. The Balaban J connectivity index is 2.15. The molecule has 1 rings (SSSR count). The zero-order chi connectivity index (χ0) is 8.81. The molecule has 0 aromatic carbocycles. The van der Waals surface area contributed by atoms with Gasteiger partial charge in [0.2, 0.25) is 0 Å². The third-order valence-electron chi connectivity index (χ3n) is 1.55. The number of hydrogen-bond donors (Lipinski definition) is 1. The van der Waals surface area contributed by atoms with Gasteiger partial charge in [0, 0.05) is 12.7 Å². The van der Waals surface area contributed by atoms with Crippen LogP contribution in [0.4, 0.5) is 0 Å². The molecule has 1 aromatic heterocycles. The van der Waals surface area contributed by atoms with Crippen LogP contribution in [0.15, 0.2) is 12.4 Å². The molecule has 0 aliphatic rings. The number of halogens is 1. The molecular weight excluding hydrogens is 265 g/mol. The van der Waals surface area contributed by atoms with Gasteiger partial charge in [-0.3, -0.25) is 4.68 Å². The fraction of sp³-hybridized carbons (Fsp3) is 0.625. The van der Waals surface area contributed by atoms with Crippen molar-refractivity contribution in [3.8, 4) is 0 Å². The molecule has 0 aliphatic carbocycles. The summed E-state index contributed by atoms with van der Waals surface area (Å²) in [6.45, 7) is 5.23. The quantitative estimate of drug-likeness (QED) is 0.653. The van der Waals surface area contributed by atoms with Gasteiger partial charge in [0.05, 0.1) is 16.3 Å². The van der Waals surface area contributed by atoms with Crippen LogP contribution in [0.25, 0.3) is 0 Å². The predicted molar refractivity (Wildman–Crippen MR) is 58.1 cm³/mol. The lowest BCUT2D eigenvalue weighted by atomic mass is 10.5. The number of aromatic nitrogens is 2. The zero-order valence-corrected chi connectivity index (χ0v) is 9.41. The van der Waals surface area contributed by atoms with E-state index in [9.17, 15) is 0 Å². The van der Waals surface area contributed by atoms with Crippen LogP contribution in [0.3, 0.4) is 0 Å². The van der Waals surface area contributed by atoms with Crippen LogP contribution in [0, 0.1) is 3.57 Å². The van der Waals surface area contributed by atoms with E-state index in [0.717, 1.165) is 19.6 Å². The molecule has 0 radical (unpaired) electrons. The van der Waals surface area contributed by atoms with E-state index in [1.807, 2.05) is 17.1 Å². The Kier molecular flexibility index (Phi) is 4.60. The fourth-order valence-corrected chi connectivity index (χ4v) is 1.40. The molecule has 0 fully saturated rings. The lowest BCUT2D eigenvalue weighted by molar-refractivity contribution is 0.553. The van der Waals surface area contributed by atoms with E-state index >= 15 is 0 Å². The summed E-state index contributed by atoms with van der Waals surface area (Å²) in [5.74, 6) is 0. The average molecular weight is 279 g/mol. The Morgan fingerprint density at radius 3 is 3.00 bits per heavy atom. The average Bonchev–Trinajstić information content (AvgIpc) is 2.45. The first-order valence-corrected chi connectivity index (χ1v) is 5.29. The van der Waals surface area contributed by atoms with Gasteiger partial charge in [-0.1, -0.05) is 6.92 Å². The first kappa shape index (κ1) is 9.98. The minimum absolute atomic E-state index is 0.961. The lowest BCUT2D eigenvalue weighted by Gasteiger charge is -2.02. The summed E-state index contributed by atoms with van der Waals surface area (Å²) < 4.78 is 3.16. The van der Waals surface area contributed by atoms with Crippen LogP contribution in [-0.2, 0) is 6.54 Å². The molecule has 68 valence electrons. The Labute approximate surface area is 86.7 Å². The van der Waals surface area contributed by atoms with E-state index in [1.54, 1.807) is 0 Å². The summed E-state index contributed by atoms with van der Waals surface area (Å²) in [6.07, 6.45) is 5.12. The van der Waals surface area contributed by atoms with Crippen LogP contribution >= 0.6 is 22.6 Å². The van der Waals surface area contributed by atoms with Crippen molar-refractivity contribution in [1.82, 2.24) is 15.1 Å². The van der Waals surface area contributed by atoms with Gasteiger partial charge in [0.15, 0.2) is 0 Å². The zero-order valence-electron chi connectivity index (χ0n) is 7.26. The van der Waals surface area contributed by atoms with E-state index in [-0.39, 0.29) is 0 Å². The molecule has 0 saturated carbocycles.